The predicted molar refractivity (Wildman–Crippen MR) is 63.6 cm³/mol. The first-order valence-electron chi connectivity index (χ1n) is 4.59. The van der Waals surface area contributed by atoms with Crippen LogP contribution in [0.5, 0.6) is 0 Å². The Morgan fingerprint density at radius 3 is 3.00 bits per heavy atom. The Labute approximate surface area is 98.2 Å². The third-order valence-electron chi connectivity index (χ3n) is 1.71. The van der Waals surface area contributed by atoms with Gasteiger partial charge < -0.3 is 11.1 Å². The number of anilines is 1. The molecule has 6 heteroatoms. The Hall–Kier alpha value is -1.74. The van der Waals surface area contributed by atoms with Crippen molar-refractivity contribution in [2.75, 3.05) is 12.3 Å². The maximum absolute atomic E-state index is 11.5. The minimum Gasteiger partial charge on any atom is -0.381 e. The first kappa shape index (κ1) is 12.3. The molecule has 1 aromatic rings. The first-order chi connectivity index (χ1) is 7.65. The van der Waals surface area contributed by atoms with Crippen LogP contribution < -0.4 is 11.1 Å². The summed E-state index contributed by atoms with van der Waals surface area (Å²) in [7, 11) is 0. The topological polar surface area (TPSA) is 80.9 Å². The van der Waals surface area contributed by atoms with Crippen molar-refractivity contribution in [1.29, 1.82) is 0 Å². The zero-order chi connectivity index (χ0) is 12.0. The highest BCUT2D eigenvalue weighted by atomic mass is 32.2. The maximum Gasteiger partial charge on any atom is 0.234 e. The van der Waals surface area contributed by atoms with Crippen molar-refractivity contribution < 1.29 is 4.79 Å². The van der Waals surface area contributed by atoms with Crippen LogP contribution in [0.25, 0.3) is 0 Å². The second-order valence-corrected chi connectivity index (χ2v) is 4.26. The molecular weight excluding hydrogens is 224 g/mol. The minimum absolute atomic E-state index is 0.145. The van der Waals surface area contributed by atoms with Crippen LogP contribution in [0.4, 0.5) is 5.82 Å². The molecule has 0 saturated carbocycles. The van der Waals surface area contributed by atoms with Gasteiger partial charge in [0.15, 0.2) is 5.82 Å². The fourth-order valence-electron chi connectivity index (χ4n) is 0.930. The van der Waals surface area contributed by atoms with Gasteiger partial charge in [-0.3, -0.25) is 4.79 Å². The lowest BCUT2D eigenvalue weighted by Crippen LogP contribution is -2.31. The van der Waals surface area contributed by atoms with Gasteiger partial charge in [0, 0.05) is 12.4 Å². The maximum atomic E-state index is 11.5. The largest absolute Gasteiger partial charge is 0.381 e. The molecule has 0 spiro atoms. The Kier molecular flexibility index (Phi) is 4.61. The van der Waals surface area contributed by atoms with E-state index in [1.165, 1.54) is 24.2 Å². The Morgan fingerprint density at radius 2 is 2.38 bits per heavy atom. The number of carbonyl (C=O) groups excluding carboxylic acids is 1. The molecule has 0 bridgehead atoms. The number of nitrogens with one attached hydrogen (secondary N) is 1. The monoisotopic (exact) mass is 236 g/mol. The molecule has 0 saturated heterocycles. The van der Waals surface area contributed by atoms with E-state index in [0.29, 0.717) is 10.8 Å². The van der Waals surface area contributed by atoms with E-state index in [-0.39, 0.29) is 17.7 Å². The van der Waals surface area contributed by atoms with Gasteiger partial charge in [-0.05, 0) is 6.92 Å². The lowest BCUT2D eigenvalue weighted by Gasteiger charge is -2.10. The van der Waals surface area contributed by atoms with Gasteiger partial charge in [0.1, 0.15) is 5.03 Å². The van der Waals surface area contributed by atoms with E-state index in [4.69, 9.17) is 12.2 Å². The summed E-state index contributed by atoms with van der Waals surface area (Å²) in [5, 5.41) is 2.82. The number of terminal acetylenes is 1. The normalized spacial score (nSPS) is 11.5. The zero-order valence-electron chi connectivity index (χ0n) is 8.80. The molecule has 0 aliphatic heterocycles. The second kappa shape index (κ2) is 5.98. The van der Waals surface area contributed by atoms with Gasteiger partial charge in [-0.15, -0.1) is 6.42 Å². The summed E-state index contributed by atoms with van der Waals surface area (Å²) in [5.74, 6) is 2.51. The van der Waals surface area contributed by atoms with Crippen molar-refractivity contribution in [3.8, 4) is 12.3 Å². The fourth-order valence-corrected chi connectivity index (χ4v) is 1.75. The number of thioether (sulfide) groups is 1. The van der Waals surface area contributed by atoms with Gasteiger partial charge in [-0.25, -0.2) is 9.97 Å². The highest BCUT2D eigenvalue weighted by Gasteiger charge is 2.15. The van der Waals surface area contributed by atoms with E-state index in [0.717, 1.165) is 0 Å². The molecule has 1 rings (SSSR count). The number of aromatic nitrogens is 2. The van der Waals surface area contributed by atoms with Crippen molar-refractivity contribution in [1.82, 2.24) is 15.3 Å². The third kappa shape index (κ3) is 3.44. The molecule has 1 unspecified atom stereocenters. The number of carbonyl (C=O) groups is 1. The molecule has 0 aliphatic carbocycles. The van der Waals surface area contributed by atoms with Crippen LogP contribution in [0.3, 0.4) is 0 Å². The van der Waals surface area contributed by atoms with Gasteiger partial charge in [-0.1, -0.05) is 17.7 Å². The summed E-state index contributed by atoms with van der Waals surface area (Å²) in [5.41, 5.74) is 5.61. The molecule has 3 N–H and O–H groups in total. The van der Waals surface area contributed by atoms with E-state index in [1.807, 2.05) is 0 Å². The number of nitrogens with zero attached hydrogens (tertiary/aromatic N) is 2. The molecule has 5 nitrogen and oxygen atoms in total. The SMILES string of the molecule is C#CCNC(=O)C(C)Sc1nccnc1N. The van der Waals surface area contributed by atoms with Gasteiger partial charge in [0.2, 0.25) is 5.91 Å². The van der Waals surface area contributed by atoms with Crippen LogP contribution in [0, 0.1) is 12.3 Å². The number of hydrogen-bond acceptors (Lipinski definition) is 5. The molecule has 1 heterocycles. The van der Waals surface area contributed by atoms with E-state index < -0.39 is 0 Å². The van der Waals surface area contributed by atoms with Crippen LogP contribution in [0.15, 0.2) is 17.4 Å². The van der Waals surface area contributed by atoms with Gasteiger partial charge >= 0.3 is 0 Å². The first-order valence-corrected chi connectivity index (χ1v) is 5.47. The number of amides is 1. The quantitative estimate of drug-likeness (QED) is 0.580. The average Bonchev–Trinajstić information content (AvgIpc) is 2.28. The van der Waals surface area contributed by atoms with Crippen molar-refractivity contribution in [3.05, 3.63) is 12.4 Å². The van der Waals surface area contributed by atoms with Crippen molar-refractivity contribution in [2.24, 2.45) is 0 Å². The summed E-state index contributed by atoms with van der Waals surface area (Å²) >= 11 is 1.25. The molecule has 0 fully saturated rings. The van der Waals surface area contributed by atoms with Crippen molar-refractivity contribution in [3.63, 3.8) is 0 Å². The van der Waals surface area contributed by atoms with Crippen LogP contribution in [0.1, 0.15) is 6.92 Å². The second-order valence-electron chi connectivity index (χ2n) is 2.93. The van der Waals surface area contributed by atoms with E-state index >= 15 is 0 Å². The number of hydrogen-bond donors (Lipinski definition) is 2. The van der Waals surface area contributed by atoms with Crippen LogP contribution in [0.2, 0.25) is 0 Å². The molecule has 1 aromatic heterocycles. The lowest BCUT2D eigenvalue weighted by atomic mass is 10.4. The number of nitrogens with two attached hydrogens (primary N) is 1. The fraction of sp³-hybridized carbons (Fsp3) is 0.300. The molecule has 0 radical (unpaired) electrons. The Bertz CT molecular complexity index is 416. The van der Waals surface area contributed by atoms with Gasteiger partial charge in [0.05, 0.1) is 11.8 Å². The predicted octanol–water partition coefficient (Wildman–Crippen LogP) is 0.289. The van der Waals surface area contributed by atoms with Crippen molar-refractivity contribution in [2.45, 2.75) is 17.2 Å². The molecule has 0 aliphatic rings. The van der Waals surface area contributed by atoms with Crippen LogP contribution >= 0.6 is 11.8 Å². The summed E-state index contributed by atoms with van der Waals surface area (Å²) in [6, 6.07) is 0. The molecule has 1 atom stereocenters. The zero-order valence-corrected chi connectivity index (χ0v) is 9.62. The summed E-state index contributed by atoms with van der Waals surface area (Å²) < 4.78 is 0. The molecule has 1 amide bonds. The van der Waals surface area contributed by atoms with E-state index in [9.17, 15) is 4.79 Å². The van der Waals surface area contributed by atoms with Gasteiger partial charge in [0.25, 0.3) is 0 Å². The lowest BCUT2D eigenvalue weighted by molar-refractivity contribution is -0.120. The van der Waals surface area contributed by atoms with Crippen molar-refractivity contribution >= 4 is 23.5 Å². The minimum atomic E-state index is -0.313. The van der Waals surface area contributed by atoms with Crippen LogP contribution in [-0.2, 0) is 4.79 Å². The highest BCUT2D eigenvalue weighted by Crippen LogP contribution is 2.24. The molecule has 0 aromatic carbocycles. The third-order valence-corrected chi connectivity index (χ3v) is 2.82. The highest BCUT2D eigenvalue weighted by molar-refractivity contribution is 8.00. The van der Waals surface area contributed by atoms with E-state index in [1.54, 1.807) is 6.92 Å². The van der Waals surface area contributed by atoms with Gasteiger partial charge in [-0.2, -0.15) is 0 Å². The Balaban J connectivity index is 2.58. The smallest absolute Gasteiger partial charge is 0.234 e. The van der Waals surface area contributed by atoms with Crippen LogP contribution in [-0.4, -0.2) is 27.7 Å². The summed E-state index contributed by atoms with van der Waals surface area (Å²) in [4.78, 5) is 19.4. The summed E-state index contributed by atoms with van der Waals surface area (Å²) in [6.45, 7) is 1.98. The molecular formula is C10H12N4OS. The average molecular weight is 236 g/mol. The molecule has 16 heavy (non-hydrogen) atoms. The van der Waals surface area contributed by atoms with E-state index in [2.05, 4.69) is 21.2 Å². The number of nitrogen functional groups attached to an aromatic ring is 1. The Morgan fingerprint density at radius 1 is 1.69 bits per heavy atom. The molecule has 84 valence electrons. The summed E-state index contributed by atoms with van der Waals surface area (Å²) in [6.07, 6.45) is 8.07. The standard InChI is InChI=1S/C10H12N4OS/c1-3-4-13-9(15)7(2)16-10-8(11)12-5-6-14-10/h1,5-7H,4H2,2H3,(H2,11,12)(H,13,15). The number of rotatable bonds is 4.